The van der Waals surface area contributed by atoms with Crippen molar-refractivity contribution < 1.29 is 13.9 Å². The Hall–Kier alpha value is -2.36. The zero-order valence-electron chi connectivity index (χ0n) is 11.7. The number of halogens is 1. The van der Waals surface area contributed by atoms with Gasteiger partial charge in [-0.15, -0.1) is 0 Å². The standard InChI is InChI=1S/C16H16FNO2/c1-11(19)12-4-9-16(15(17)10-12)18(2)13-5-7-14(20-3)8-6-13/h4-10H,1-3H3. The predicted octanol–water partition coefficient (Wildman–Crippen LogP) is 3.80. The van der Waals surface area contributed by atoms with Crippen molar-refractivity contribution in [3.05, 3.63) is 53.8 Å². The number of carbonyl (C=O) groups excluding carboxylic acids is 1. The van der Waals surface area contributed by atoms with Crippen LogP contribution in [0.3, 0.4) is 0 Å². The number of nitrogens with zero attached hydrogens (tertiary/aromatic N) is 1. The predicted molar refractivity (Wildman–Crippen MR) is 77.5 cm³/mol. The van der Waals surface area contributed by atoms with E-state index in [0.29, 0.717) is 11.3 Å². The van der Waals surface area contributed by atoms with E-state index in [1.54, 1.807) is 31.2 Å². The molecule has 3 nitrogen and oxygen atoms in total. The highest BCUT2D eigenvalue weighted by Crippen LogP contribution is 2.28. The molecular weight excluding hydrogens is 257 g/mol. The molecule has 0 atom stereocenters. The average molecular weight is 273 g/mol. The van der Waals surface area contributed by atoms with Gasteiger partial charge in [-0.2, -0.15) is 0 Å². The van der Waals surface area contributed by atoms with Gasteiger partial charge in [0.2, 0.25) is 0 Å². The lowest BCUT2D eigenvalue weighted by molar-refractivity contribution is 0.101. The molecule has 0 N–H and O–H groups in total. The number of ether oxygens (including phenoxy) is 1. The molecule has 0 fully saturated rings. The van der Waals surface area contributed by atoms with Gasteiger partial charge >= 0.3 is 0 Å². The SMILES string of the molecule is COc1ccc(N(C)c2ccc(C(C)=O)cc2F)cc1. The molecule has 0 heterocycles. The van der Waals surface area contributed by atoms with Gasteiger partial charge < -0.3 is 9.64 Å². The molecule has 0 radical (unpaired) electrons. The van der Waals surface area contributed by atoms with Crippen LogP contribution in [0.15, 0.2) is 42.5 Å². The second kappa shape index (κ2) is 5.74. The fourth-order valence-corrected chi connectivity index (χ4v) is 1.94. The van der Waals surface area contributed by atoms with Gasteiger partial charge in [-0.05, 0) is 49.4 Å². The fourth-order valence-electron chi connectivity index (χ4n) is 1.94. The largest absolute Gasteiger partial charge is 0.497 e. The van der Waals surface area contributed by atoms with E-state index in [2.05, 4.69) is 0 Å². The summed E-state index contributed by atoms with van der Waals surface area (Å²) in [6, 6.07) is 11.8. The van der Waals surface area contributed by atoms with Gasteiger partial charge in [-0.3, -0.25) is 4.79 Å². The summed E-state index contributed by atoms with van der Waals surface area (Å²) >= 11 is 0. The average Bonchev–Trinajstić information content (AvgIpc) is 2.46. The van der Waals surface area contributed by atoms with Crippen molar-refractivity contribution in [2.24, 2.45) is 0 Å². The molecule has 0 aliphatic carbocycles. The Bertz CT molecular complexity index is 623. The molecule has 2 rings (SSSR count). The van der Waals surface area contributed by atoms with Crippen molar-refractivity contribution in [2.45, 2.75) is 6.92 Å². The number of benzene rings is 2. The van der Waals surface area contributed by atoms with Crippen LogP contribution in [0.5, 0.6) is 5.75 Å². The Kier molecular flexibility index (Phi) is 4.03. The number of anilines is 2. The third-order valence-electron chi connectivity index (χ3n) is 3.18. The van der Waals surface area contributed by atoms with Crippen LogP contribution in [0.25, 0.3) is 0 Å². The van der Waals surface area contributed by atoms with Gasteiger partial charge in [-0.25, -0.2) is 4.39 Å². The van der Waals surface area contributed by atoms with Gasteiger partial charge in [0.25, 0.3) is 0 Å². The van der Waals surface area contributed by atoms with Crippen LogP contribution in [0, 0.1) is 5.82 Å². The second-order valence-electron chi connectivity index (χ2n) is 4.48. The Labute approximate surface area is 117 Å². The van der Waals surface area contributed by atoms with E-state index in [4.69, 9.17) is 4.74 Å². The van der Waals surface area contributed by atoms with E-state index in [1.807, 2.05) is 24.3 Å². The highest BCUT2D eigenvalue weighted by molar-refractivity contribution is 5.94. The van der Waals surface area contributed by atoms with Gasteiger partial charge in [-0.1, -0.05) is 0 Å². The molecule has 0 spiro atoms. The van der Waals surface area contributed by atoms with E-state index < -0.39 is 5.82 Å². The Morgan fingerprint density at radius 2 is 1.80 bits per heavy atom. The molecule has 0 aliphatic heterocycles. The summed E-state index contributed by atoms with van der Waals surface area (Å²) in [6.45, 7) is 1.42. The molecule has 2 aromatic rings. The van der Waals surface area contributed by atoms with Crippen LogP contribution < -0.4 is 9.64 Å². The Balaban J connectivity index is 2.32. The summed E-state index contributed by atoms with van der Waals surface area (Å²) in [5.74, 6) is 0.174. The normalized spacial score (nSPS) is 10.2. The molecule has 2 aromatic carbocycles. The first kappa shape index (κ1) is 14.1. The maximum Gasteiger partial charge on any atom is 0.159 e. The number of methoxy groups -OCH3 is 1. The van der Waals surface area contributed by atoms with E-state index in [0.717, 1.165) is 11.4 Å². The van der Waals surface area contributed by atoms with Crippen LogP contribution in [0.1, 0.15) is 17.3 Å². The van der Waals surface area contributed by atoms with Gasteiger partial charge in [0.1, 0.15) is 11.6 Å². The third kappa shape index (κ3) is 2.79. The number of hydrogen-bond acceptors (Lipinski definition) is 3. The van der Waals surface area contributed by atoms with Crippen LogP contribution in [-0.2, 0) is 0 Å². The Morgan fingerprint density at radius 1 is 1.15 bits per heavy atom. The van der Waals surface area contributed by atoms with E-state index >= 15 is 0 Å². The molecule has 0 saturated heterocycles. The second-order valence-corrected chi connectivity index (χ2v) is 4.48. The molecular formula is C16H16FNO2. The molecule has 20 heavy (non-hydrogen) atoms. The van der Waals surface area contributed by atoms with Crippen molar-refractivity contribution >= 4 is 17.2 Å². The van der Waals surface area contributed by atoms with Crippen LogP contribution >= 0.6 is 0 Å². The first-order valence-electron chi connectivity index (χ1n) is 6.21. The molecule has 0 saturated carbocycles. The number of ketones is 1. The molecule has 0 amide bonds. The zero-order chi connectivity index (χ0) is 14.7. The minimum absolute atomic E-state index is 0.150. The van der Waals surface area contributed by atoms with Crippen LogP contribution in [0.2, 0.25) is 0 Å². The number of carbonyl (C=O) groups is 1. The number of hydrogen-bond donors (Lipinski definition) is 0. The lowest BCUT2D eigenvalue weighted by atomic mass is 10.1. The quantitative estimate of drug-likeness (QED) is 0.793. The molecule has 104 valence electrons. The van der Waals surface area contributed by atoms with Crippen molar-refractivity contribution in [3.63, 3.8) is 0 Å². The molecule has 0 aromatic heterocycles. The van der Waals surface area contributed by atoms with Gasteiger partial charge in [0.15, 0.2) is 5.78 Å². The number of rotatable bonds is 4. The lowest BCUT2D eigenvalue weighted by Gasteiger charge is -2.20. The summed E-state index contributed by atoms with van der Waals surface area (Å²) in [6.07, 6.45) is 0. The van der Waals surface area contributed by atoms with Crippen LogP contribution in [-0.4, -0.2) is 19.9 Å². The summed E-state index contributed by atoms with van der Waals surface area (Å²) in [5.41, 5.74) is 1.62. The number of Topliss-reactive ketones (excluding diaryl/α,β-unsaturated/α-hetero) is 1. The maximum absolute atomic E-state index is 14.1. The molecule has 0 aliphatic rings. The third-order valence-corrected chi connectivity index (χ3v) is 3.18. The first-order chi connectivity index (χ1) is 9.52. The van der Waals surface area contributed by atoms with E-state index in [9.17, 15) is 9.18 Å². The fraction of sp³-hybridized carbons (Fsp3) is 0.188. The Morgan fingerprint density at radius 3 is 2.30 bits per heavy atom. The first-order valence-corrected chi connectivity index (χ1v) is 6.21. The monoisotopic (exact) mass is 273 g/mol. The lowest BCUT2D eigenvalue weighted by Crippen LogP contribution is -2.11. The van der Waals surface area contributed by atoms with E-state index in [1.165, 1.54) is 13.0 Å². The minimum atomic E-state index is -0.420. The molecule has 0 bridgehead atoms. The topological polar surface area (TPSA) is 29.5 Å². The zero-order valence-corrected chi connectivity index (χ0v) is 11.7. The van der Waals surface area contributed by atoms with E-state index in [-0.39, 0.29) is 5.78 Å². The van der Waals surface area contributed by atoms with Crippen molar-refractivity contribution in [1.29, 1.82) is 0 Å². The van der Waals surface area contributed by atoms with Crippen molar-refractivity contribution in [1.82, 2.24) is 0 Å². The van der Waals surface area contributed by atoms with Crippen LogP contribution in [0.4, 0.5) is 15.8 Å². The summed E-state index contributed by atoms with van der Waals surface area (Å²) in [4.78, 5) is 12.9. The summed E-state index contributed by atoms with van der Waals surface area (Å²) in [7, 11) is 3.37. The van der Waals surface area contributed by atoms with Gasteiger partial charge in [0, 0.05) is 18.3 Å². The molecule has 4 heteroatoms. The maximum atomic E-state index is 14.1. The summed E-state index contributed by atoms with van der Waals surface area (Å²) in [5, 5.41) is 0. The highest BCUT2D eigenvalue weighted by Gasteiger charge is 2.11. The minimum Gasteiger partial charge on any atom is -0.497 e. The smallest absolute Gasteiger partial charge is 0.159 e. The molecule has 0 unspecified atom stereocenters. The van der Waals surface area contributed by atoms with Crippen molar-refractivity contribution in [3.8, 4) is 5.75 Å². The highest BCUT2D eigenvalue weighted by atomic mass is 19.1. The summed E-state index contributed by atoms with van der Waals surface area (Å²) < 4.78 is 19.2. The van der Waals surface area contributed by atoms with Gasteiger partial charge in [0.05, 0.1) is 12.8 Å². The van der Waals surface area contributed by atoms with Crippen molar-refractivity contribution in [2.75, 3.05) is 19.1 Å².